The molecule has 0 saturated carbocycles. The van der Waals surface area contributed by atoms with Gasteiger partial charge >= 0.3 is 0 Å². The van der Waals surface area contributed by atoms with E-state index in [0.29, 0.717) is 18.0 Å². The van der Waals surface area contributed by atoms with E-state index in [1.54, 1.807) is 0 Å². The van der Waals surface area contributed by atoms with Gasteiger partial charge in [-0.25, -0.2) is 0 Å². The number of nitrogens with one attached hydrogen (secondary N) is 1. The minimum absolute atomic E-state index is 0.148. The molecule has 2 fully saturated rings. The van der Waals surface area contributed by atoms with Gasteiger partial charge in [-0.15, -0.1) is 0 Å². The van der Waals surface area contributed by atoms with Gasteiger partial charge in [-0.3, -0.25) is 9.69 Å². The van der Waals surface area contributed by atoms with Crippen molar-refractivity contribution in [2.24, 2.45) is 11.3 Å². The number of benzene rings is 1. The Morgan fingerprint density at radius 3 is 2.44 bits per heavy atom. The van der Waals surface area contributed by atoms with E-state index in [2.05, 4.69) is 48.0 Å². The minimum atomic E-state index is 0.148. The predicted octanol–water partition coefficient (Wildman–Crippen LogP) is 3.53. The standard InChI is InChI=1S/C23H37N3O/c1-23(2,3)18-25-14-11-21(12-15-25)26-13-7-10-20(17-26)22(27)24-16-19-8-5-4-6-9-19/h4-6,8-9,20-21H,7,10-18H2,1-3H3,(H,24,27)/t20-/m0/s1. The van der Waals surface area contributed by atoms with Crippen LogP contribution < -0.4 is 5.32 Å². The fourth-order valence-corrected chi connectivity index (χ4v) is 4.59. The van der Waals surface area contributed by atoms with Gasteiger partial charge in [0.15, 0.2) is 0 Å². The van der Waals surface area contributed by atoms with Crippen LogP contribution in [0.3, 0.4) is 0 Å². The molecule has 1 atom stereocenters. The first kappa shape index (κ1) is 20.3. The van der Waals surface area contributed by atoms with Crippen molar-refractivity contribution >= 4 is 5.91 Å². The maximum Gasteiger partial charge on any atom is 0.224 e. The van der Waals surface area contributed by atoms with Crippen molar-refractivity contribution in [1.82, 2.24) is 15.1 Å². The number of likely N-dealkylation sites (tertiary alicyclic amines) is 2. The zero-order valence-electron chi connectivity index (χ0n) is 17.4. The molecular formula is C23H37N3O. The third kappa shape index (κ3) is 6.32. The van der Waals surface area contributed by atoms with E-state index in [1.165, 1.54) is 38.0 Å². The summed E-state index contributed by atoms with van der Waals surface area (Å²) in [5.41, 5.74) is 1.55. The van der Waals surface area contributed by atoms with Crippen LogP contribution in [0.15, 0.2) is 30.3 Å². The van der Waals surface area contributed by atoms with Gasteiger partial charge in [-0.05, 0) is 56.3 Å². The first-order valence-electron chi connectivity index (χ1n) is 10.7. The van der Waals surface area contributed by atoms with Crippen molar-refractivity contribution in [2.75, 3.05) is 32.7 Å². The second kappa shape index (κ2) is 9.20. The minimum Gasteiger partial charge on any atom is -0.352 e. The van der Waals surface area contributed by atoms with E-state index < -0.39 is 0 Å². The lowest BCUT2D eigenvalue weighted by Crippen LogP contribution is -2.51. The molecular weight excluding hydrogens is 334 g/mol. The third-order valence-electron chi connectivity index (χ3n) is 5.90. The number of rotatable bonds is 5. The number of hydrogen-bond acceptors (Lipinski definition) is 3. The highest BCUT2D eigenvalue weighted by molar-refractivity contribution is 5.78. The second-order valence-corrected chi connectivity index (χ2v) is 9.61. The smallest absolute Gasteiger partial charge is 0.224 e. The van der Waals surface area contributed by atoms with Crippen molar-refractivity contribution < 1.29 is 4.79 Å². The van der Waals surface area contributed by atoms with Crippen LogP contribution in [0.25, 0.3) is 0 Å². The van der Waals surface area contributed by atoms with Gasteiger partial charge in [0.05, 0.1) is 5.92 Å². The highest BCUT2D eigenvalue weighted by Gasteiger charge is 2.32. The monoisotopic (exact) mass is 371 g/mol. The summed E-state index contributed by atoms with van der Waals surface area (Å²) in [6, 6.07) is 10.9. The summed E-state index contributed by atoms with van der Waals surface area (Å²) in [4.78, 5) is 17.9. The van der Waals surface area contributed by atoms with Crippen molar-refractivity contribution in [2.45, 2.75) is 59.0 Å². The summed E-state index contributed by atoms with van der Waals surface area (Å²) in [6.07, 6.45) is 4.66. The Kier molecular flexibility index (Phi) is 6.93. The number of piperidine rings is 2. The Morgan fingerprint density at radius 2 is 1.78 bits per heavy atom. The number of nitrogens with zero attached hydrogens (tertiary/aromatic N) is 2. The summed E-state index contributed by atoms with van der Waals surface area (Å²) in [5, 5.41) is 3.15. The molecule has 4 nitrogen and oxygen atoms in total. The lowest BCUT2D eigenvalue weighted by atomic mass is 9.91. The molecule has 0 radical (unpaired) electrons. The van der Waals surface area contributed by atoms with Gasteiger partial charge < -0.3 is 10.2 Å². The summed E-state index contributed by atoms with van der Waals surface area (Å²) in [6.45, 7) is 13.3. The molecule has 2 heterocycles. The van der Waals surface area contributed by atoms with Gasteiger partial charge in [-0.1, -0.05) is 51.1 Å². The van der Waals surface area contributed by atoms with Crippen LogP contribution in [0.5, 0.6) is 0 Å². The van der Waals surface area contributed by atoms with Gasteiger partial charge in [0, 0.05) is 25.7 Å². The van der Waals surface area contributed by atoms with Crippen molar-refractivity contribution in [3.8, 4) is 0 Å². The van der Waals surface area contributed by atoms with Gasteiger partial charge in [0.2, 0.25) is 5.91 Å². The molecule has 1 N–H and O–H groups in total. The molecule has 0 aromatic heterocycles. The number of amides is 1. The number of carbonyl (C=O) groups excluding carboxylic acids is 1. The lowest BCUT2D eigenvalue weighted by molar-refractivity contribution is -0.127. The van der Waals surface area contributed by atoms with E-state index in [-0.39, 0.29) is 11.8 Å². The fraction of sp³-hybridized carbons (Fsp3) is 0.696. The topological polar surface area (TPSA) is 35.6 Å². The highest BCUT2D eigenvalue weighted by atomic mass is 16.1. The molecule has 0 aliphatic carbocycles. The molecule has 0 spiro atoms. The maximum atomic E-state index is 12.7. The molecule has 27 heavy (non-hydrogen) atoms. The molecule has 2 aliphatic heterocycles. The largest absolute Gasteiger partial charge is 0.352 e. The maximum absolute atomic E-state index is 12.7. The zero-order valence-corrected chi connectivity index (χ0v) is 17.4. The summed E-state index contributed by atoms with van der Waals surface area (Å²) >= 11 is 0. The van der Waals surface area contributed by atoms with Gasteiger partial charge in [0.25, 0.3) is 0 Å². The molecule has 4 heteroatoms. The first-order valence-corrected chi connectivity index (χ1v) is 10.7. The second-order valence-electron chi connectivity index (χ2n) is 9.61. The van der Waals surface area contributed by atoms with Crippen LogP contribution >= 0.6 is 0 Å². The number of hydrogen-bond donors (Lipinski definition) is 1. The van der Waals surface area contributed by atoms with Crippen LogP contribution in [0.4, 0.5) is 0 Å². The molecule has 2 aliphatic rings. The van der Waals surface area contributed by atoms with E-state index in [9.17, 15) is 4.79 Å². The van der Waals surface area contributed by atoms with Gasteiger partial charge in [-0.2, -0.15) is 0 Å². The van der Waals surface area contributed by atoms with Crippen LogP contribution in [0, 0.1) is 11.3 Å². The fourth-order valence-electron chi connectivity index (χ4n) is 4.59. The highest BCUT2D eigenvalue weighted by Crippen LogP contribution is 2.25. The first-order chi connectivity index (χ1) is 12.9. The van der Waals surface area contributed by atoms with Crippen LogP contribution in [0.1, 0.15) is 52.0 Å². The number of carbonyl (C=O) groups is 1. The zero-order chi connectivity index (χ0) is 19.3. The van der Waals surface area contributed by atoms with Crippen molar-refractivity contribution in [3.05, 3.63) is 35.9 Å². The van der Waals surface area contributed by atoms with Crippen LogP contribution in [0.2, 0.25) is 0 Å². The normalized spacial score (nSPS) is 23.3. The summed E-state index contributed by atoms with van der Waals surface area (Å²) in [5.74, 6) is 0.379. The summed E-state index contributed by atoms with van der Waals surface area (Å²) < 4.78 is 0. The molecule has 2 saturated heterocycles. The Bertz CT molecular complexity index is 587. The van der Waals surface area contributed by atoms with E-state index in [1.807, 2.05) is 18.2 Å². The van der Waals surface area contributed by atoms with Crippen LogP contribution in [-0.4, -0.2) is 54.5 Å². The Labute approximate surface area is 165 Å². The molecule has 150 valence electrons. The Hall–Kier alpha value is -1.39. The SMILES string of the molecule is CC(C)(C)CN1CCC(N2CCC[C@H](C(=O)NCc3ccccc3)C2)CC1. The Balaban J connectivity index is 1.44. The lowest BCUT2D eigenvalue weighted by Gasteiger charge is -2.43. The third-order valence-corrected chi connectivity index (χ3v) is 5.90. The van der Waals surface area contributed by atoms with Crippen molar-refractivity contribution in [3.63, 3.8) is 0 Å². The summed E-state index contributed by atoms with van der Waals surface area (Å²) in [7, 11) is 0. The molecule has 3 rings (SSSR count). The van der Waals surface area contributed by atoms with Crippen molar-refractivity contribution in [1.29, 1.82) is 0 Å². The Morgan fingerprint density at radius 1 is 1.07 bits per heavy atom. The molecule has 0 bridgehead atoms. The average molecular weight is 372 g/mol. The molecule has 0 unspecified atom stereocenters. The molecule has 1 amide bonds. The molecule has 1 aromatic carbocycles. The quantitative estimate of drug-likeness (QED) is 0.860. The predicted molar refractivity (Wildman–Crippen MR) is 112 cm³/mol. The van der Waals surface area contributed by atoms with Crippen LogP contribution in [-0.2, 0) is 11.3 Å². The van der Waals surface area contributed by atoms with Gasteiger partial charge in [0.1, 0.15) is 0 Å². The average Bonchev–Trinajstić information content (AvgIpc) is 2.66. The molecule has 1 aromatic rings. The van der Waals surface area contributed by atoms with E-state index >= 15 is 0 Å². The van der Waals surface area contributed by atoms with E-state index in [4.69, 9.17) is 0 Å². The van der Waals surface area contributed by atoms with E-state index in [0.717, 1.165) is 25.9 Å².